The molecule has 0 radical (unpaired) electrons. The molecule has 0 saturated carbocycles. The van der Waals surface area contributed by atoms with Gasteiger partial charge in [0.1, 0.15) is 0 Å². The molecule has 0 aliphatic carbocycles. The Balaban J connectivity index is 1.27. The number of fused-ring (bicyclic) bond motifs is 1. The lowest BCUT2D eigenvalue weighted by molar-refractivity contribution is -0.127. The third-order valence-electron chi connectivity index (χ3n) is 5.54. The molecule has 3 heterocycles. The predicted molar refractivity (Wildman–Crippen MR) is 104 cm³/mol. The lowest BCUT2D eigenvalue weighted by Gasteiger charge is -2.31. The molecule has 2 aromatic rings. The van der Waals surface area contributed by atoms with Crippen molar-refractivity contribution in [3.8, 4) is 0 Å². The average molecular weight is 369 g/mol. The third kappa shape index (κ3) is 4.07. The molecule has 1 aromatic heterocycles. The summed E-state index contributed by atoms with van der Waals surface area (Å²) in [5, 5.41) is 3.06. The van der Waals surface area contributed by atoms with Gasteiger partial charge < -0.3 is 20.1 Å². The number of anilines is 1. The fraction of sp³-hybridized carbons (Fsp3) is 0.550. The van der Waals surface area contributed by atoms with Gasteiger partial charge in [-0.05, 0) is 37.8 Å². The van der Waals surface area contributed by atoms with Crippen LogP contribution >= 0.6 is 0 Å². The van der Waals surface area contributed by atoms with Gasteiger partial charge in [0.2, 0.25) is 17.8 Å². The van der Waals surface area contributed by atoms with Gasteiger partial charge in [0.15, 0.2) is 0 Å². The highest BCUT2D eigenvalue weighted by Gasteiger charge is 2.27. The molecule has 2 fully saturated rings. The van der Waals surface area contributed by atoms with E-state index in [2.05, 4.69) is 20.2 Å². The lowest BCUT2D eigenvalue weighted by atomic mass is 9.97. The molecule has 0 bridgehead atoms. The molecule has 1 unspecified atom stereocenters. The van der Waals surface area contributed by atoms with E-state index in [-0.39, 0.29) is 17.7 Å². The molecule has 2 saturated heterocycles. The van der Waals surface area contributed by atoms with Crippen LogP contribution in [0.15, 0.2) is 24.3 Å². The van der Waals surface area contributed by atoms with Crippen LogP contribution in [0.4, 0.5) is 5.95 Å². The highest BCUT2D eigenvalue weighted by Crippen LogP contribution is 2.23. The van der Waals surface area contributed by atoms with Gasteiger partial charge in [0.05, 0.1) is 17.0 Å². The first-order valence-corrected chi connectivity index (χ1v) is 9.96. The van der Waals surface area contributed by atoms with Crippen molar-refractivity contribution in [2.75, 3.05) is 37.6 Å². The molecule has 2 N–H and O–H groups in total. The van der Waals surface area contributed by atoms with Crippen LogP contribution in [0.5, 0.6) is 0 Å². The van der Waals surface area contributed by atoms with Crippen molar-refractivity contribution in [1.29, 1.82) is 0 Å². The van der Waals surface area contributed by atoms with Crippen LogP contribution in [0.2, 0.25) is 0 Å². The largest absolute Gasteiger partial charge is 0.356 e. The van der Waals surface area contributed by atoms with E-state index in [1.54, 1.807) is 0 Å². The quantitative estimate of drug-likeness (QED) is 0.762. The molecule has 7 nitrogen and oxygen atoms in total. The number of hydrogen-bond acceptors (Lipinski definition) is 4. The van der Waals surface area contributed by atoms with Gasteiger partial charge in [-0.2, -0.15) is 0 Å². The van der Waals surface area contributed by atoms with Gasteiger partial charge >= 0.3 is 0 Å². The predicted octanol–water partition coefficient (Wildman–Crippen LogP) is 1.91. The van der Waals surface area contributed by atoms with Crippen molar-refractivity contribution in [3.63, 3.8) is 0 Å². The minimum atomic E-state index is -0.0135. The molecule has 7 heteroatoms. The van der Waals surface area contributed by atoms with E-state index >= 15 is 0 Å². The monoisotopic (exact) mass is 369 g/mol. The van der Waals surface area contributed by atoms with E-state index < -0.39 is 0 Å². The SMILES string of the molecule is O=C(NCCCN1CCCC1=O)C1CCCN(c2nc3ccccc3[nH]2)C1. The molecule has 4 rings (SSSR count). The Morgan fingerprint density at radius 2 is 2.15 bits per heavy atom. The Hall–Kier alpha value is -2.57. The average Bonchev–Trinajstić information content (AvgIpc) is 3.31. The van der Waals surface area contributed by atoms with E-state index in [1.807, 2.05) is 29.2 Å². The maximum Gasteiger partial charge on any atom is 0.224 e. The number of hydrogen-bond donors (Lipinski definition) is 2. The second-order valence-electron chi connectivity index (χ2n) is 7.49. The van der Waals surface area contributed by atoms with Crippen LogP contribution < -0.4 is 10.2 Å². The van der Waals surface area contributed by atoms with E-state index in [1.165, 1.54) is 0 Å². The summed E-state index contributed by atoms with van der Waals surface area (Å²) in [6, 6.07) is 7.99. The zero-order valence-electron chi connectivity index (χ0n) is 15.6. The minimum Gasteiger partial charge on any atom is -0.356 e. The van der Waals surface area contributed by atoms with Gasteiger partial charge in [-0.3, -0.25) is 9.59 Å². The van der Waals surface area contributed by atoms with Gasteiger partial charge in [0, 0.05) is 39.1 Å². The number of para-hydroxylation sites is 2. The Labute approximate surface area is 159 Å². The van der Waals surface area contributed by atoms with E-state index in [0.717, 1.165) is 62.3 Å². The molecule has 27 heavy (non-hydrogen) atoms. The number of piperidine rings is 1. The van der Waals surface area contributed by atoms with Crippen LogP contribution in [0.3, 0.4) is 0 Å². The van der Waals surface area contributed by atoms with Gasteiger partial charge in [-0.25, -0.2) is 4.98 Å². The van der Waals surface area contributed by atoms with Crippen LogP contribution in [0, 0.1) is 5.92 Å². The summed E-state index contributed by atoms with van der Waals surface area (Å²) in [5.74, 6) is 1.19. The summed E-state index contributed by atoms with van der Waals surface area (Å²) in [6.45, 7) is 3.84. The van der Waals surface area contributed by atoms with Crippen LogP contribution in [0.1, 0.15) is 32.1 Å². The Morgan fingerprint density at radius 3 is 2.96 bits per heavy atom. The first-order valence-electron chi connectivity index (χ1n) is 9.96. The zero-order chi connectivity index (χ0) is 18.6. The first-order chi connectivity index (χ1) is 13.2. The number of likely N-dealkylation sites (tertiary alicyclic amines) is 1. The number of rotatable bonds is 6. The number of imidazole rings is 1. The molecule has 2 amide bonds. The standard InChI is InChI=1S/C20H27N5O2/c26-18-9-4-11-24(18)13-5-10-21-19(27)15-6-3-12-25(14-15)20-22-16-7-1-2-8-17(16)23-20/h1-2,7-8,15H,3-6,9-14H2,(H,21,27)(H,22,23). The normalized spacial score (nSPS) is 20.4. The number of aromatic amines is 1. The smallest absolute Gasteiger partial charge is 0.224 e. The molecular formula is C20H27N5O2. The van der Waals surface area contributed by atoms with Crippen LogP contribution in [-0.2, 0) is 9.59 Å². The maximum absolute atomic E-state index is 12.6. The van der Waals surface area contributed by atoms with Crippen LogP contribution in [-0.4, -0.2) is 59.4 Å². The summed E-state index contributed by atoms with van der Waals surface area (Å²) in [4.78, 5) is 36.3. The summed E-state index contributed by atoms with van der Waals surface area (Å²) < 4.78 is 0. The van der Waals surface area contributed by atoms with E-state index in [0.29, 0.717) is 19.5 Å². The molecule has 2 aliphatic heterocycles. The fourth-order valence-electron chi connectivity index (χ4n) is 4.04. The van der Waals surface area contributed by atoms with Crippen LogP contribution in [0.25, 0.3) is 11.0 Å². The highest BCUT2D eigenvalue weighted by atomic mass is 16.2. The Kier molecular flexibility index (Phi) is 5.27. The fourth-order valence-corrected chi connectivity index (χ4v) is 4.04. The summed E-state index contributed by atoms with van der Waals surface area (Å²) in [5.41, 5.74) is 1.98. The Bertz CT molecular complexity index is 785. The lowest BCUT2D eigenvalue weighted by Crippen LogP contribution is -2.44. The molecule has 1 atom stereocenters. The first kappa shape index (κ1) is 17.8. The minimum absolute atomic E-state index is 0.0135. The summed E-state index contributed by atoms with van der Waals surface area (Å²) in [7, 11) is 0. The highest BCUT2D eigenvalue weighted by molar-refractivity contribution is 5.80. The van der Waals surface area contributed by atoms with Gasteiger partial charge in [0.25, 0.3) is 0 Å². The maximum atomic E-state index is 12.6. The van der Waals surface area contributed by atoms with Crippen molar-refractivity contribution < 1.29 is 9.59 Å². The van der Waals surface area contributed by atoms with Crippen molar-refractivity contribution in [1.82, 2.24) is 20.2 Å². The number of H-pyrrole nitrogens is 1. The van der Waals surface area contributed by atoms with E-state index in [9.17, 15) is 9.59 Å². The number of nitrogens with zero attached hydrogens (tertiary/aromatic N) is 3. The zero-order valence-corrected chi connectivity index (χ0v) is 15.6. The second kappa shape index (κ2) is 7.98. The van der Waals surface area contributed by atoms with Crippen molar-refractivity contribution in [3.05, 3.63) is 24.3 Å². The topological polar surface area (TPSA) is 81.3 Å². The number of amides is 2. The number of nitrogens with one attached hydrogen (secondary N) is 2. The molecular weight excluding hydrogens is 342 g/mol. The van der Waals surface area contributed by atoms with Crippen molar-refractivity contribution in [2.24, 2.45) is 5.92 Å². The van der Waals surface area contributed by atoms with Gasteiger partial charge in [-0.15, -0.1) is 0 Å². The molecule has 0 spiro atoms. The molecule has 2 aliphatic rings. The van der Waals surface area contributed by atoms with Crippen molar-refractivity contribution in [2.45, 2.75) is 32.1 Å². The summed E-state index contributed by atoms with van der Waals surface area (Å²) in [6.07, 6.45) is 4.35. The Morgan fingerprint density at radius 1 is 1.26 bits per heavy atom. The number of benzene rings is 1. The number of carbonyl (C=O) groups excluding carboxylic acids is 2. The second-order valence-corrected chi connectivity index (χ2v) is 7.49. The molecule has 1 aromatic carbocycles. The number of carbonyl (C=O) groups is 2. The summed E-state index contributed by atoms with van der Waals surface area (Å²) >= 11 is 0. The van der Waals surface area contributed by atoms with E-state index in [4.69, 9.17) is 0 Å². The third-order valence-corrected chi connectivity index (χ3v) is 5.54. The van der Waals surface area contributed by atoms with Crippen molar-refractivity contribution >= 4 is 28.8 Å². The molecule has 144 valence electrons. The van der Waals surface area contributed by atoms with Gasteiger partial charge in [-0.1, -0.05) is 12.1 Å². The number of aromatic nitrogens is 2.